The molecule has 4 aliphatic heterocycles. The van der Waals surface area contributed by atoms with Crippen LogP contribution in [0.1, 0.15) is 48.6 Å². The van der Waals surface area contributed by atoms with Gasteiger partial charge in [0.05, 0.1) is 33.8 Å². The van der Waals surface area contributed by atoms with Gasteiger partial charge in [0, 0.05) is 49.4 Å². The molecule has 4 atom stereocenters. The third-order valence-electron chi connectivity index (χ3n) is 11.3. The molecular weight excluding hydrogens is 697 g/mol. The van der Waals surface area contributed by atoms with E-state index in [4.69, 9.17) is 9.47 Å². The first-order valence-corrected chi connectivity index (χ1v) is 20.9. The molecule has 52 heavy (non-hydrogen) atoms. The highest BCUT2D eigenvalue weighted by Crippen LogP contribution is 2.46. The second kappa shape index (κ2) is 14.7. The van der Waals surface area contributed by atoms with Crippen LogP contribution in [0, 0.1) is 0 Å². The Morgan fingerprint density at radius 2 is 0.981 bits per heavy atom. The number of fused-ring (bicyclic) bond motifs is 6. The van der Waals surface area contributed by atoms with Gasteiger partial charge in [-0.15, -0.1) is 0 Å². The van der Waals surface area contributed by atoms with Crippen LogP contribution in [0.5, 0.6) is 11.5 Å². The van der Waals surface area contributed by atoms with E-state index in [-0.39, 0.29) is 4.90 Å². The summed E-state index contributed by atoms with van der Waals surface area (Å²) in [4.78, 5) is 5.92. The van der Waals surface area contributed by atoms with Crippen molar-refractivity contribution < 1.29 is 26.3 Å². The van der Waals surface area contributed by atoms with Gasteiger partial charge in [0.25, 0.3) is 0 Å². The second-order valence-electron chi connectivity index (χ2n) is 14.0. The largest absolute Gasteiger partial charge is 0.497 e. The molecule has 0 spiro atoms. The van der Waals surface area contributed by atoms with Gasteiger partial charge in [-0.2, -0.15) is 0 Å². The van der Waals surface area contributed by atoms with Crippen LogP contribution in [0.4, 0.5) is 11.4 Å². The Morgan fingerprint density at radius 1 is 0.538 bits per heavy atom. The molecule has 12 heteroatoms. The van der Waals surface area contributed by atoms with Crippen molar-refractivity contribution in [3.63, 3.8) is 0 Å². The number of hydrogen-bond acceptors (Lipinski definition) is 10. The summed E-state index contributed by atoms with van der Waals surface area (Å²) in [7, 11) is 0.229. The molecule has 4 aromatic rings. The van der Waals surface area contributed by atoms with Gasteiger partial charge in [0.2, 0.25) is 19.7 Å². The zero-order valence-corrected chi connectivity index (χ0v) is 31.8. The number of nitrogens with zero attached hydrogens (tertiary/aromatic N) is 2. The predicted molar refractivity (Wildman–Crippen MR) is 204 cm³/mol. The van der Waals surface area contributed by atoms with Crippen LogP contribution in [0.15, 0.2) is 105 Å². The molecule has 0 aromatic heterocycles. The summed E-state index contributed by atoms with van der Waals surface area (Å²) in [6.45, 7) is 3.97. The molecule has 2 saturated heterocycles. The third kappa shape index (κ3) is 6.66. The summed E-state index contributed by atoms with van der Waals surface area (Å²) < 4.78 is 62.7. The highest BCUT2D eigenvalue weighted by Gasteiger charge is 2.39. The molecule has 0 radical (unpaired) electrons. The molecule has 4 aromatic carbocycles. The predicted octanol–water partition coefficient (Wildman–Crippen LogP) is 5.63. The summed E-state index contributed by atoms with van der Waals surface area (Å²) in [5, 5.41) is 6.90. The van der Waals surface area contributed by atoms with Gasteiger partial charge in [-0.05, 0) is 142 Å². The van der Waals surface area contributed by atoms with Gasteiger partial charge < -0.3 is 29.9 Å². The van der Waals surface area contributed by atoms with Gasteiger partial charge >= 0.3 is 0 Å². The van der Waals surface area contributed by atoms with E-state index in [1.54, 1.807) is 67.8 Å². The van der Waals surface area contributed by atoms with E-state index in [1.165, 1.54) is 7.11 Å². The molecule has 276 valence electrons. The highest BCUT2D eigenvalue weighted by molar-refractivity contribution is 7.91. The van der Waals surface area contributed by atoms with Gasteiger partial charge in [-0.3, -0.25) is 0 Å². The molecule has 2 N–H and O–H groups in total. The van der Waals surface area contributed by atoms with Crippen molar-refractivity contribution in [1.82, 2.24) is 10.6 Å². The molecule has 0 unspecified atom stereocenters. The SMILES string of the molecule is COc1ccc(S(=O)(=O)c2ccc3c(c2)[C@H]2CCNCC[C@H]2N3C)cc1.COc1cccc(S(=O)(=O)c2ccc3c(c2)[C@H]2CCNCC[C@H]2N3C)c1. The highest BCUT2D eigenvalue weighted by atomic mass is 32.2. The maximum atomic E-state index is 13.1. The minimum atomic E-state index is -3.57. The minimum absolute atomic E-state index is 0.266. The number of nitrogens with one attached hydrogen (secondary N) is 2. The molecule has 8 rings (SSSR count). The summed E-state index contributed by atoms with van der Waals surface area (Å²) in [6, 6.07) is 25.3. The maximum Gasteiger partial charge on any atom is 0.206 e. The lowest BCUT2D eigenvalue weighted by Crippen LogP contribution is -2.30. The lowest BCUT2D eigenvalue weighted by atomic mass is 9.91. The standard InChI is InChI=1S/2C20H24N2O3S/c1-22-19-8-7-16(13-18(19)17-9-11-21-12-10-20(17)22)26(23,24)15-5-3-14(25-2)4-6-15;1-22-19-7-6-16(13-18(19)17-8-10-21-11-9-20(17)22)26(23,24)15-5-3-4-14(12-15)25-2/h3-8,13,17,20-21H,9-12H2,1-2H3;3-7,12-13,17,20-21H,8-11H2,1-2H3/t2*17-,20-/m11/s1. The summed E-state index contributed by atoms with van der Waals surface area (Å²) >= 11 is 0. The van der Waals surface area contributed by atoms with E-state index in [9.17, 15) is 16.8 Å². The lowest BCUT2D eigenvalue weighted by Gasteiger charge is -2.24. The minimum Gasteiger partial charge on any atom is -0.497 e. The van der Waals surface area contributed by atoms with Gasteiger partial charge in [-0.25, -0.2) is 16.8 Å². The molecular formula is C40H48N4O6S2. The van der Waals surface area contributed by atoms with Crippen molar-refractivity contribution in [3.8, 4) is 11.5 Å². The number of likely N-dealkylation sites (N-methyl/N-ethyl adjacent to an activating group) is 2. The molecule has 0 bridgehead atoms. The quantitative estimate of drug-likeness (QED) is 0.258. The monoisotopic (exact) mass is 744 g/mol. The van der Waals surface area contributed by atoms with Crippen LogP contribution in [-0.4, -0.2) is 83.4 Å². The number of benzene rings is 4. The molecule has 10 nitrogen and oxygen atoms in total. The molecule has 0 aliphatic carbocycles. The fourth-order valence-corrected chi connectivity index (χ4v) is 11.1. The zero-order chi connectivity index (χ0) is 36.6. The van der Waals surface area contributed by atoms with Crippen LogP contribution in [0.3, 0.4) is 0 Å². The van der Waals surface area contributed by atoms with Crippen LogP contribution >= 0.6 is 0 Å². The van der Waals surface area contributed by atoms with E-state index >= 15 is 0 Å². The Balaban J connectivity index is 0.000000162. The van der Waals surface area contributed by atoms with Crippen LogP contribution in [-0.2, 0) is 19.7 Å². The lowest BCUT2D eigenvalue weighted by molar-refractivity contribution is 0.413. The smallest absolute Gasteiger partial charge is 0.206 e. The summed E-state index contributed by atoms with van der Waals surface area (Å²) in [5.74, 6) is 1.96. The average molecular weight is 745 g/mol. The number of methoxy groups -OCH3 is 2. The van der Waals surface area contributed by atoms with Gasteiger partial charge in [0.1, 0.15) is 11.5 Å². The third-order valence-corrected chi connectivity index (χ3v) is 14.8. The van der Waals surface area contributed by atoms with Crippen molar-refractivity contribution in [2.75, 3.05) is 64.3 Å². The number of anilines is 2. The first kappa shape index (κ1) is 36.3. The normalized spacial score (nSPS) is 22.5. The average Bonchev–Trinajstić information content (AvgIpc) is 3.37. The van der Waals surface area contributed by atoms with Crippen molar-refractivity contribution in [3.05, 3.63) is 96.1 Å². The van der Waals surface area contributed by atoms with E-state index in [0.717, 1.165) is 74.4 Å². The molecule has 4 aliphatic rings. The maximum absolute atomic E-state index is 13.1. The Labute approximate surface area is 308 Å². The van der Waals surface area contributed by atoms with Gasteiger partial charge in [-0.1, -0.05) is 6.07 Å². The van der Waals surface area contributed by atoms with E-state index < -0.39 is 19.7 Å². The van der Waals surface area contributed by atoms with Gasteiger partial charge in [0.15, 0.2) is 0 Å². The Kier molecular flexibility index (Phi) is 10.3. The number of hydrogen-bond donors (Lipinski definition) is 2. The Hall–Kier alpha value is -4.10. The van der Waals surface area contributed by atoms with Crippen LogP contribution < -0.4 is 29.9 Å². The Bertz CT molecular complexity index is 2140. The topological polar surface area (TPSA) is 117 Å². The number of sulfone groups is 2. The number of rotatable bonds is 6. The fraction of sp³-hybridized carbons (Fsp3) is 0.400. The Morgan fingerprint density at radius 3 is 1.48 bits per heavy atom. The first-order chi connectivity index (χ1) is 25.0. The molecule has 2 fully saturated rings. The molecule has 4 heterocycles. The van der Waals surface area contributed by atoms with Crippen LogP contribution in [0.2, 0.25) is 0 Å². The van der Waals surface area contributed by atoms with Crippen molar-refractivity contribution in [2.24, 2.45) is 0 Å². The van der Waals surface area contributed by atoms with E-state index in [1.807, 2.05) is 24.3 Å². The van der Waals surface area contributed by atoms with Crippen molar-refractivity contribution in [2.45, 2.75) is 69.2 Å². The zero-order valence-electron chi connectivity index (χ0n) is 30.2. The summed E-state index contributed by atoms with van der Waals surface area (Å²) in [5.41, 5.74) is 4.64. The second-order valence-corrected chi connectivity index (χ2v) is 17.9. The molecule has 0 amide bonds. The summed E-state index contributed by atoms with van der Waals surface area (Å²) in [6.07, 6.45) is 4.23. The van der Waals surface area contributed by atoms with Crippen molar-refractivity contribution in [1.29, 1.82) is 0 Å². The molecule has 0 saturated carbocycles. The number of ether oxygens (including phenoxy) is 2. The van der Waals surface area contributed by atoms with Crippen LogP contribution in [0.25, 0.3) is 0 Å². The fourth-order valence-electron chi connectivity index (χ4n) is 8.49. The van der Waals surface area contributed by atoms with E-state index in [0.29, 0.717) is 50.1 Å². The first-order valence-electron chi connectivity index (χ1n) is 18.0. The van der Waals surface area contributed by atoms with Crippen molar-refractivity contribution >= 4 is 31.0 Å². The van der Waals surface area contributed by atoms with E-state index in [2.05, 4.69) is 34.5 Å².